The van der Waals surface area contributed by atoms with Crippen molar-refractivity contribution in [1.29, 1.82) is 0 Å². The molecule has 1 saturated heterocycles. The van der Waals surface area contributed by atoms with Gasteiger partial charge in [-0.15, -0.1) is 0 Å². The second-order valence-corrected chi connectivity index (χ2v) is 2.59. The zero-order valence-corrected chi connectivity index (χ0v) is 5.77. The normalized spacial score (nSPS) is 49.2. The van der Waals surface area contributed by atoms with Crippen LogP contribution in [-0.4, -0.2) is 39.9 Å². The van der Waals surface area contributed by atoms with E-state index in [9.17, 15) is 0 Å². The van der Waals surface area contributed by atoms with E-state index in [4.69, 9.17) is 20.1 Å². The molecule has 1 rings (SSSR count). The highest BCUT2D eigenvalue weighted by atomic mass is 16.6. The second kappa shape index (κ2) is 2.84. The molecule has 0 aliphatic carbocycles. The van der Waals surface area contributed by atoms with Crippen molar-refractivity contribution in [3.63, 3.8) is 0 Å². The van der Waals surface area contributed by atoms with Crippen LogP contribution in [0.3, 0.4) is 0 Å². The largest absolute Gasteiger partial charge is 0.390 e. The Hall–Kier alpha value is -0.160. The van der Waals surface area contributed by atoms with Gasteiger partial charge < -0.3 is 20.1 Å². The predicted molar refractivity (Wildman–Crippen MR) is 33.2 cm³/mol. The van der Waals surface area contributed by atoms with Crippen LogP contribution in [0.4, 0.5) is 0 Å². The van der Waals surface area contributed by atoms with Crippen LogP contribution in [-0.2, 0) is 4.74 Å². The Morgan fingerprint density at radius 1 is 1.30 bits per heavy atom. The summed E-state index contributed by atoms with van der Waals surface area (Å²) in [6.07, 6.45) is -3.07. The predicted octanol–water partition coefficient (Wildman–Crippen LogP) is -1.16. The van der Waals surface area contributed by atoms with E-state index in [1.54, 1.807) is 6.92 Å². The van der Waals surface area contributed by atoms with E-state index >= 15 is 0 Å². The van der Waals surface area contributed by atoms with Crippen LogP contribution in [0, 0.1) is 0 Å². The third-order valence-electron chi connectivity index (χ3n) is 1.69. The Balaban J connectivity index is 2.49. The molecule has 0 bridgehead atoms. The first-order valence-corrected chi connectivity index (χ1v) is 3.31. The second-order valence-electron chi connectivity index (χ2n) is 2.59. The Labute approximate surface area is 59.1 Å². The van der Waals surface area contributed by atoms with Crippen molar-refractivity contribution in [3.8, 4) is 0 Å². The highest BCUT2D eigenvalue weighted by Gasteiger charge is 2.32. The Bertz CT molecular complexity index is 104. The Kier molecular flexibility index (Phi) is 2.25. The lowest BCUT2D eigenvalue weighted by molar-refractivity contribution is -0.226. The molecule has 1 heterocycles. The van der Waals surface area contributed by atoms with E-state index in [-0.39, 0.29) is 6.42 Å². The van der Waals surface area contributed by atoms with Crippen molar-refractivity contribution in [2.24, 2.45) is 0 Å². The maximum atomic E-state index is 9.08. The molecule has 0 spiro atoms. The van der Waals surface area contributed by atoms with Crippen LogP contribution in [0.5, 0.6) is 0 Å². The highest BCUT2D eigenvalue weighted by Crippen LogP contribution is 2.17. The number of hydrogen-bond acceptors (Lipinski definition) is 4. The van der Waals surface area contributed by atoms with Crippen LogP contribution < -0.4 is 0 Å². The van der Waals surface area contributed by atoms with Gasteiger partial charge in [-0.05, 0) is 6.92 Å². The van der Waals surface area contributed by atoms with Crippen LogP contribution in [0.2, 0.25) is 0 Å². The molecule has 1 aliphatic rings. The van der Waals surface area contributed by atoms with Gasteiger partial charge in [0.05, 0.1) is 12.2 Å². The molecule has 3 unspecified atom stereocenters. The molecule has 0 amide bonds. The molecule has 0 radical (unpaired) electrons. The molecule has 10 heavy (non-hydrogen) atoms. The van der Waals surface area contributed by atoms with Crippen LogP contribution in [0.25, 0.3) is 0 Å². The van der Waals surface area contributed by atoms with Gasteiger partial charge in [0, 0.05) is 6.42 Å². The number of aliphatic hydroxyl groups is 3. The molecule has 0 saturated carbocycles. The van der Waals surface area contributed by atoms with Crippen molar-refractivity contribution in [3.05, 3.63) is 0 Å². The lowest BCUT2D eigenvalue weighted by Crippen LogP contribution is -2.46. The summed E-state index contributed by atoms with van der Waals surface area (Å²) < 4.78 is 4.81. The van der Waals surface area contributed by atoms with Crippen LogP contribution in [0.15, 0.2) is 0 Å². The average Bonchev–Trinajstić information content (AvgIpc) is 1.82. The van der Waals surface area contributed by atoms with Gasteiger partial charge in [0.1, 0.15) is 6.10 Å². The monoisotopic (exact) mass is 148 g/mol. The first-order chi connectivity index (χ1) is 4.61. The molecule has 0 aromatic rings. The van der Waals surface area contributed by atoms with Gasteiger partial charge in [-0.3, -0.25) is 0 Å². The SMILES string of the molecule is CC1O[C@@H](O)CC(O)C1O. The van der Waals surface area contributed by atoms with Crippen molar-refractivity contribution in [2.75, 3.05) is 0 Å². The minimum atomic E-state index is -0.937. The Morgan fingerprint density at radius 2 is 1.90 bits per heavy atom. The standard InChI is InChI=1S/C6H12O4/c1-3-6(9)4(7)2-5(8)10-3/h3-9H,2H2,1H3/t3?,4?,5-,6?/m1/s1. The van der Waals surface area contributed by atoms with E-state index in [0.717, 1.165) is 0 Å². The summed E-state index contributed by atoms with van der Waals surface area (Å²) in [4.78, 5) is 0. The summed E-state index contributed by atoms with van der Waals surface area (Å²) in [6.45, 7) is 1.61. The molecule has 4 heteroatoms. The lowest BCUT2D eigenvalue weighted by Gasteiger charge is -2.32. The van der Waals surface area contributed by atoms with Crippen molar-refractivity contribution < 1.29 is 20.1 Å². The summed E-state index contributed by atoms with van der Waals surface area (Å²) in [7, 11) is 0. The summed E-state index contributed by atoms with van der Waals surface area (Å²) in [6, 6.07) is 0. The van der Waals surface area contributed by atoms with Gasteiger partial charge in [-0.2, -0.15) is 0 Å². The van der Waals surface area contributed by atoms with E-state index in [2.05, 4.69) is 0 Å². The molecule has 0 aromatic heterocycles. The average molecular weight is 148 g/mol. The fourth-order valence-electron chi connectivity index (χ4n) is 1.04. The van der Waals surface area contributed by atoms with E-state index in [1.165, 1.54) is 0 Å². The number of ether oxygens (including phenoxy) is 1. The first-order valence-electron chi connectivity index (χ1n) is 3.31. The maximum Gasteiger partial charge on any atom is 0.157 e. The van der Waals surface area contributed by atoms with Crippen molar-refractivity contribution in [1.82, 2.24) is 0 Å². The Morgan fingerprint density at radius 3 is 2.40 bits per heavy atom. The maximum absolute atomic E-state index is 9.08. The summed E-state index contributed by atoms with van der Waals surface area (Å²) >= 11 is 0. The number of aliphatic hydroxyl groups excluding tert-OH is 3. The first kappa shape index (κ1) is 7.94. The zero-order valence-electron chi connectivity index (χ0n) is 5.77. The van der Waals surface area contributed by atoms with E-state index in [0.29, 0.717) is 0 Å². The molecular formula is C6H12O4. The summed E-state index contributed by atoms with van der Waals surface area (Å²) in [5, 5.41) is 27.0. The number of hydrogen-bond donors (Lipinski definition) is 3. The van der Waals surface area contributed by atoms with Gasteiger partial charge in [0.25, 0.3) is 0 Å². The van der Waals surface area contributed by atoms with E-state index < -0.39 is 24.6 Å². The van der Waals surface area contributed by atoms with Gasteiger partial charge >= 0.3 is 0 Å². The molecule has 0 aromatic carbocycles. The number of rotatable bonds is 0. The van der Waals surface area contributed by atoms with Crippen LogP contribution in [0.1, 0.15) is 13.3 Å². The van der Waals surface area contributed by atoms with Gasteiger partial charge in [0.15, 0.2) is 6.29 Å². The molecule has 3 N–H and O–H groups in total. The lowest BCUT2D eigenvalue weighted by atomic mass is 10.0. The topological polar surface area (TPSA) is 69.9 Å². The van der Waals surface area contributed by atoms with Crippen molar-refractivity contribution >= 4 is 0 Å². The fourth-order valence-corrected chi connectivity index (χ4v) is 1.04. The molecule has 1 fully saturated rings. The van der Waals surface area contributed by atoms with E-state index in [1.807, 2.05) is 0 Å². The quantitative estimate of drug-likeness (QED) is 0.405. The molecule has 60 valence electrons. The smallest absolute Gasteiger partial charge is 0.157 e. The molecule has 1 aliphatic heterocycles. The van der Waals surface area contributed by atoms with Crippen LogP contribution >= 0.6 is 0 Å². The van der Waals surface area contributed by atoms with Gasteiger partial charge in [0.2, 0.25) is 0 Å². The fraction of sp³-hybridized carbons (Fsp3) is 1.00. The molecule has 4 atom stereocenters. The highest BCUT2D eigenvalue weighted by molar-refractivity contribution is 4.78. The molecular weight excluding hydrogens is 136 g/mol. The van der Waals surface area contributed by atoms with Gasteiger partial charge in [-0.25, -0.2) is 0 Å². The third-order valence-corrected chi connectivity index (χ3v) is 1.69. The minimum absolute atomic E-state index is 0.0888. The van der Waals surface area contributed by atoms with Gasteiger partial charge in [-0.1, -0.05) is 0 Å². The third kappa shape index (κ3) is 1.46. The zero-order chi connectivity index (χ0) is 7.72. The summed E-state index contributed by atoms with van der Waals surface area (Å²) in [5.41, 5.74) is 0. The molecule has 4 nitrogen and oxygen atoms in total. The minimum Gasteiger partial charge on any atom is -0.390 e. The summed E-state index contributed by atoms with van der Waals surface area (Å²) in [5.74, 6) is 0. The van der Waals surface area contributed by atoms with Crippen molar-refractivity contribution in [2.45, 2.75) is 37.9 Å².